The fourth-order valence-corrected chi connectivity index (χ4v) is 4.45. The maximum atomic E-state index is 13.0. The number of benzene rings is 1. The van der Waals surface area contributed by atoms with Gasteiger partial charge < -0.3 is 13.9 Å². The molecule has 0 radical (unpaired) electrons. The van der Waals surface area contributed by atoms with Crippen LogP contribution < -0.4 is 0 Å². The minimum atomic E-state index is -3.51. The van der Waals surface area contributed by atoms with E-state index in [1.165, 1.54) is 19.1 Å². The van der Waals surface area contributed by atoms with Crippen molar-refractivity contribution in [2.45, 2.75) is 11.7 Å². The SMILES string of the molecule is C=CCN1C(=O)CC1(/C=C/c1ccccc1)P(=O)(OC)OC. The summed E-state index contributed by atoms with van der Waals surface area (Å²) in [7, 11) is -0.845. The Morgan fingerprint density at radius 1 is 1.32 bits per heavy atom. The highest BCUT2D eigenvalue weighted by Crippen LogP contribution is 2.66. The zero-order valence-electron chi connectivity index (χ0n) is 12.8. The van der Waals surface area contributed by atoms with Crippen molar-refractivity contribution < 1.29 is 18.4 Å². The second-order valence-electron chi connectivity index (χ2n) is 4.95. The van der Waals surface area contributed by atoms with E-state index >= 15 is 0 Å². The molecule has 1 fully saturated rings. The molecule has 2 rings (SSSR count). The van der Waals surface area contributed by atoms with Gasteiger partial charge in [-0.05, 0) is 11.6 Å². The molecule has 1 saturated heterocycles. The number of hydrogen-bond acceptors (Lipinski definition) is 4. The molecule has 6 heteroatoms. The van der Waals surface area contributed by atoms with Gasteiger partial charge in [0.25, 0.3) is 0 Å². The van der Waals surface area contributed by atoms with E-state index in [1.807, 2.05) is 36.4 Å². The number of β-lactam (4-membered cyclic amide) rings is 1. The highest BCUT2D eigenvalue weighted by molar-refractivity contribution is 7.56. The average Bonchev–Trinajstić information content (AvgIpc) is 2.56. The van der Waals surface area contributed by atoms with Crippen LogP contribution in [0.5, 0.6) is 0 Å². The van der Waals surface area contributed by atoms with Crippen molar-refractivity contribution in [3.8, 4) is 0 Å². The summed E-state index contributed by atoms with van der Waals surface area (Å²) in [6.07, 6.45) is 5.25. The van der Waals surface area contributed by atoms with Gasteiger partial charge in [0.1, 0.15) is 0 Å². The van der Waals surface area contributed by atoms with Crippen molar-refractivity contribution in [3.05, 3.63) is 54.6 Å². The van der Waals surface area contributed by atoms with Crippen molar-refractivity contribution >= 4 is 19.6 Å². The Morgan fingerprint density at radius 2 is 1.95 bits per heavy atom. The topological polar surface area (TPSA) is 55.8 Å². The third-order valence-electron chi connectivity index (χ3n) is 3.79. The molecular formula is C16H20NO4P. The zero-order chi connectivity index (χ0) is 16.2. The van der Waals surface area contributed by atoms with E-state index in [-0.39, 0.29) is 18.9 Å². The van der Waals surface area contributed by atoms with Crippen LogP contribution in [0.15, 0.2) is 49.1 Å². The lowest BCUT2D eigenvalue weighted by Crippen LogP contribution is -2.62. The largest absolute Gasteiger partial charge is 0.360 e. The van der Waals surface area contributed by atoms with Gasteiger partial charge in [0.05, 0.1) is 6.42 Å². The van der Waals surface area contributed by atoms with Crippen LogP contribution in [0.25, 0.3) is 6.08 Å². The van der Waals surface area contributed by atoms with Crippen molar-refractivity contribution in [1.29, 1.82) is 0 Å². The summed E-state index contributed by atoms with van der Waals surface area (Å²) in [5.41, 5.74) is 0.943. The first kappa shape index (κ1) is 16.7. The lowest BCUT2D eigenvalue weighted by molar-refractivity contribution is -0.146. The summed E-state index contributed by atoms with van der Waals surface area (Å²) in [5.74, 6) is -0.105. The predicted octanol–water partition coefficient (Wildman–Crippen LogP) is 3.30. The van der Waals surface area contributed by atoms with Crippen LogP contribution >= 0.6 is 7.60 Å². The van der Waals surface area contributed by atoms with Gasteiger partial charge in [-0.3, -0.25) is 9.36 Å². The number of rotatable bonds is 7. The van der Waals surface area contributed by atoms with Crippen molar-refractivity contribution in [3.63, 3.8) is 0 Å². The fraction of sp³-hybridized carbons (Fsp3) is 0.312. The van der Waals surface area contributed by atoms with Gasteiger partial charge in [0.2, 0.25) is 5.91 Å². The molecule has 22 heavy (non-hydrogen) atoms. The quantitative estimate of drug-likeness (QED) is 0.439. The van der Waals surface area contributed by atoms with Crippen LogP contribution in [0.3, 0.4) is 0 Å². The molecule has 0 saturated carbocycles. The Balaban J connectivity index is 2.43. The van der Waals surface area contributed by atoms with E-state index < -0.39 is 12.9 Å². The van der Waals surface area contributed by atoms with Crippen LogP contribution in [0.4, 0.5) is 0 Å². The maximum Gasteiger partial charge on any atom is 0.360 e. The normalized spacial score (nSPS) is 21.9. The van der Waals surface area contributed by atoms with Gasteiger partial charge in [0, 0.05) is 20.8 Å². The van der Waals surface area contributed by atoms with Gasteiger partial charge in [-0.15, -0.1) is 6.58 Å². The van der Waals surface area contributed by atoms with E-state index in [1.54, 1.807) is 12.2 Å². The summed E-state index contributed by atoms with van der Waals surface area (Å²) in [5, 5.41) is -1.09. The molecule has 1 unspecified atom stereocenters. The molecule has 118 valence electrons. The van der Waals surface area contributed by atoms with E-state index in [4.69, 9.17) is 9.05 Å². The Morgan fingerprint density at radius 3 is 2.45 bits per heavy atom. The van der Waals surface area contributed by atoms with Crippen molar-refractivity contribution in [2.24, 2.45) is 0 Å². The molecule has 1 heterocycles. The summed E-state index contributed by atoms with van der Waals surface area (Å²) in [6, 6.07) is 9.58. The zero-order valence-corrected chi connectivity index (χ0v) is 13.7. The monoisotopic (exact) mass is 321 g/mol. The van der Waals surface area contributed by atoms with Gasteiger partial charge in [0.15, 0.2) is 5.28 Å². The van der Waals surface area contributed by atoms with E-state index in [0.29, 0.717) is 0 Å². The first-order valence-electron chi connectivity index (χ1n) is 6.90. The number of likely N-dealkylation sites (tertiary alicyclic amines) is 1. The van der Waals surface area contributed by atoms with Gasteiger partial charge in [-0.1, -0.05) is 42.5 Å². The number of amides is 1. The maximum absolute atomic E-state index is 13.0. The summed E-state index contributed by atoms with van der Waals surface area (Å²) < 4.78 is 23.3. The Bertz CT molecular complexity index is 620. The van der Waals surface area contributed by atoms with Crippen molar-refractivity contribution in [1.82, 2.24) is 4.90 Å². The molecule has 0 spiro atoms. The summed E-state index contributed by atoms with van der Waals surface area (Å²) >= 11 is 0. The second-order valence-corrected chi connectivity index (χ2v) is 7.45. The molecule has 1 amide bonds. The van der Waals surface area contributed by atoms with Crippen LogP contribution in [-0.4, -0.2) is 36.9 Å². The minimum absolute atomic E-state index is 0.0864. The Hall–Kier alpha value is -1.68. The Labute approximate surface area is 130 Å². The van der Waals surface area contributed by atoms with Crippen molar-refractivity contribution in [2.75, 3.05) is 20.8 Å². The number of nitrogens with zero attached hydrogens (tertiary/aromatic N) is 1. The van der Waals surface area contributed by atoms with Crippen LogP contribution in [0.2, 0.25) is 0 Å². The molecule has 0 aliphatic carbocycles. The molecule has 0 N–H and O–H groups in total. The van der Waals surface area contributed by atoms with E-state index in [0.717, 1.165) is 5.56 Å². The molecule has 0 bridgehead atoms. The summed E-state index contributed by atoms with van der Waals surface area (Å²) in [4.78, 5) is 13.4. The van der Waals surface area contributed by atoms with Gasteiger partial charge in [-0.2, -0.15) is 0 Å². The van der Waals surface area contributed by atoms with Gasteiger partial charge >= 0.3 is 7.60 Å². The highest BCUT2D eigenvalue weighted by atomic mass is 31.2. The highest BCUT2D eigenvalue weighted by Gasteiger charge is 2.62. The lowest BCUT2D eigenvalue weighted by atomic mass is 9.99. The first-order chi connectivity index (χ1) is 10.5. The third-order valence-corrected chi connectivity index (χ3v) is 6.25. The number of carbonyl (C=O) groups excluding carboxylic acids is 1. The molecule has 1 aromatic carbocycles. The lowest BCUT2D eigenvalue weighted by Gasteiger charge is -2.51. The Kier molecular flexibility index (Phi) is 5.01. The second kappa shape index (κ2) is 6.61. The smallest absolute Gasteiger partial charge is 0.318 e. The van der Waals surface area contributed by atoms with E-state index in [9.17, 15) is 9.36 Å². The molecule has 5 nitrogen and oxygen atoms in total. The molecule has 1 aromatic rings. The molecule has 1 aliphatic heterocycles. The number of hydrogen-bond donors (Lipinski definition) is 0. The third kappa shape index (κ3) is 2.68. The molecule has 1 atom stereocenters. The fourth-order valence-electron chi connectivity index (χ4n) is 2.60. The minimum Gasteiger partial charge on any atom is -0.318 e. The number of carbonyl (C=O) groups is 1. The molecule has 0 aromatic heterocycles. The summed E-state index contributed by atoms with van der Waals surface area (Å²) in [6.45, 7) is 3.93. The van der Waals surface area contributed by atoms with Crippen LogP contribution in [0, 0.1) is 0 Å². The van der Waals surface area contributed by atoms with Gasteiger partial charge in [-0.25, -0.2) is 0 Å². The first-order valence-corrected chi connectivity index (χ1v) is 8.44. The average molecular weight is 321 g/mol. The van der Waals surface area contributed by atoms with Crippen LogP contribution in [0.1, 0.15) is 12.0 Å². The van der Waals surface area contributed by atoms with Crippen LogP contribution in [-0.2, 0) is 18.4 Å². The predicted molar refractivity (Wildman–Crippen MR) is 86.4 cm³/mol. The molecule has 1 aliphatic rings. The standard InChI is InChI=1S/C16H20NO4P/c1-4-12-17-15(18)13-16(17,22(19,20-2)21-3)11-10-14-8-6-5-7-9-14/h4-11H,1,12-13H2,2-3H3/b11-10+. The molecular weight excluding hydrogens is 301 g/mol. The van der Waals surface area contributed by atoms with E-state index in [2.05, 4.69) is 6.58 Å².